The lowest BCUT2D eigenvalue weighted by Gasteiger charge is -2.28. The molecule has 1 saturated carbocycles. The number of para-hydroxylation sites is 1. The summed E-state index contributed by atoms with van der Waals surface area (Å²) in [5.41, 5.74) is 1.08. The molecule has 0 spiro atoms. The van der Waals surface area contributed by atoms with Gasteiger partial charge in [-0.3, -0.25) is 8.98 Å². The topological polar surface area (TPSA) is 123 Å². The van der Waals surface area contributed by atoms with Gasteiger partial charge in [-0.25, -0.2) is 13.7 Å². The van der Waals surface area contributed by atoms with Crippen molar-refractivity contribution in [3.63, 3.8) is 0 Å². The third-order valence-corrected chi connectivity index (χ3v) is 7.00. The molecule has 9 nitrogen and oxygen atoms in total. The van der Waals surface area contributed by atoms with Crippen LogP contribution in [0, 0.1) is 0 Å². The number of hydrogen-bond acceptors (Lipinski definition) is 6. The highest BCUT2D eigenvalue weighted by Crippen LogP contribution is 2.28. The first-order chi connectivity index (χ1) is 18.4. The van der Waals surface area contributed by atoms with E-state index in [0.717, 1.165) is 37.0 Å². The molecule has 0 bridgehead atoms. The lowest BCUT2D eigenvalue weighted by molar-refractivity contribution is -0.115. The first kappa shape index (κ1) is 27.3. The Morgan fingerprint density at radius 2 is 1.50 bits per heavy atom. The molecule has 0 heterocycles. The lowest BCUT2D eigenvalue weighted by atomic mass is 9.94. The Labute approximate surface area is 223 Å². The molecule has 0 radical (unpaired) electrons. The van der Waals surface area contributed by atoms with Crippen molar-refractivity contribution in [3.05, 3.63) is 83.9 Å². The van der Waals surface area contributed by atoms with Gasteiger partial charge in [0, 0.05) is 6.04 Å². The van der Waals surface area contributed by atoms with Crippen molar-refractivity contribution < 1.29 is 32.6 Å². The zero-order valence-electron chi connectivity index (χ0n) is 20.9. The fourth-order valence-corrected chi connectivity index (χ4v) is 4.84. The minimum Gasteiger partial charge on any atom is -0.490 e. The maximum atomic E-state index is 12.4. The van der Waals surface area contributed by atoms with Crippen LogP contribution in [0.3, 0.4) is 0 Å². The van der Waals surface area contributed by atoms with Crippen LogP contribution in [-0.2, 0) is 26.7 Å². The summed E-state index contributed by atoms with van der Waals surface area (Å²) in [7, 11) is 1.41. The van der Waals surface area contributed by atoms with E-state index in [1.54, 1.807) is 42.5 Å². The normalized spacial score (nSPS) is 17.8. The maximum absolute atomic E-state index is 12.4. The molecule has 0 aromatic heterocycles. The molecular weight excluding hydrogens is 508 g/mol. The van der Waals surface area contributed by atoms with Gasteiger partial charge in [0.25, 0.3) is 0 Å². The zero-order valence-corrected chi connectivity index (χ0v) is 21.7. The second kappa shape index (κ2) is 13.2. The lowest BCUT2D eigenvalue weighted by Crippen LogP contribution is -2.37. The van der Waals surface area contributed by atoms with Crippen molar-refractivity contribution in [2.24, 2.45) is 0 Å². The number of rotatable bonds is 11. The summed E-state index contributed by atoms with van der Waals surface area (Å²) in [5, 5.41) is 11.9. The number of aromatic carboxylic acids is 1. The van der Waals surface area contributed by atoms with Crippen LogP contribution in [0.2, 0.25) is 0 Å². The van der Waals surface area contributed by atoms with Crippen LogP contribution < -0.4 is 19.5 Å². The Kier molecular flexibility index (Phi) is 9.47. The monoisotopic (exact) mass is 538 g/mol. The van der Waals surface area contributed by atoms with Crippen molar-refractivity contribution in [1.29, 1.82) is 0 Å². The van der Waals surface area contributed by atoms with Gasteiger partial charge >= 0.3 is 5.97 Å². The van der Waals surface area contributed by atoms with E-state index in [-0.39, 0.29) is 35.7 Å². The van der Waals surface area contributed by atoms with E-state index in [0.29, 0.717) is 11.5 Å². The Hall–Kier alpha value is -3.73. The second-order valence-electron chi connectivity index (χ2n) is 8.90. The standard InChI is InChI=1S/C28H30N2O7S/c1-35-38(34)30-20-8-12-22(13-9-20)37-24-16-14-23(15-17-24)36-21-10-6-19(7-11-21)18-27(31)29-26-5-3-2-4-25(26)28(32)33/h2-7,10-11,14-17,20,22,30H,8-9,12-13,18H2,1H3,(H,29,31)(H,32,33). The van der Waals surface area contributed by atoms with E-state index in [1.807, 2.05) is 24.3 Å². The molecule has 10 heteroatoms. The smallest absolute Gasteiger partial charge is 0.337 e. The quantitative estimate of drug-likeness (QED) is 0.318. The van der Waals surface area contributed by atoms with Crippen molar-refractivity contribution in [3.8, 4) is 17.2 Å². The Morgan fingerprint density at radius 3 is 2.13 bits per heavy atom. The number of anilines is 1. The molecule has 1 amide bonds. The number of carboxylic acid groups (broad SMARTS) is 1. The van der Waals surface area contributed by atoms with Crippen molar-refractivity contribution in [2.45, 2.75) is 44.2 Å². The fraction of sp³-hybridized carbons (Fsp3) is 0.286. The molecule has 3 aromatic carbocycles. The number of nitrogens with one attached hydrogen (secondary N) is 2. The molecule has 38 heavy (non-hydrogen) atoms. The number of carbonyl (C=O) groups excluding carboxylic acids is 1. The van der Waals surface area contributed by atoms with Crippen LogP contribution >= 0.6 is 0 Å². The van der Waals surface area contributed by atoms with Crippen LogP contribution in [0.5, 0.6) is 17.2 Å². The molecule has 200 valence electrons. The van der Waals surface area contributed by atoms with E-state index in [9.17, 15) is 18.9 Å². The Bertz CT molecular complexity index is 1260. The third kappa shape index (κ3) is 7.88. The highest BCUT2D eigenvalue weighted by Gasteiger charge is 2.23. The molecule has 1 aliphatic rings. The molecule has 3 N–H and O–H groups in total. The number of ether oxygens (including phenoxy) is 2. The van der Waals surface area contributed by atoms with E-state index >= 15 is 0 Å². The van der Waals surface area contributed by atoms with Crippen LogP contribution in [-0.4, -0.2) is 40.4 Å². The number of carbonyl (C=O) groups is 2. The number of benzene rings is 3. The molecule has 4 rings (SSSR count). The van der Waals surface area contributed by atoms with Crippen LogP contribution in [0.1, 0.15) is 41.6 Å². The van der Waals surface area contributed by atoms with Gasteiger partial charge < -0.3 is 19.9 Å². The second-order valence-corrected chi connectivity index (χ2v) is 9.94. The Morgan fingerprint density at radius 1 is 0.895 bits per heavy atom. The predicted octanol–water partition coefficient (Wildman–Crippen LogP) is 4.86. The highest BCUT2D eigenvalue weighted by molar-refractivity contribution is 7.78. The van der Waals surface area contributed by atoms with Crippen LogP contribution in [0.25, 0.3) is 0 Å². The predicted molar refractivity (Wildman–Crippen MR) is 144 cm³/mol. The van der Waals surface area contributed by atoms with Gasteiger partial charge in [-0.1, -0.05) is 24.3 Å². The van der Waals surface area contributed by atoms with Crippen molar-refractivity contribution in [1.82, 2.24) is 4.72 Å². The van der Waals surface area contributed by atoms with Gasteiger partial charge in [0.15, 0.2) is 0 Å². The van der Waals surface area contributed by atoms with Gasteiger partial charge in [-0.15, -0.1) is 0 Å². The first-order valence-electron chi connectivity index (χ1n) is 12.3. The summed E-state index contributed by atoms with van der Waals surface area (Å²) in [6.07, 6.45) is 3.68. The van der Waals surface area contributed by atoms with Crippen molar-refractivity contribution >= 4 is 28.8 Å². The van der Waals surface area contributed by atoms with Crippen molar-refractivity contribution in [2.75, 3.05) is 12.4 Å². The highest BCUT2D eigenvalue weighted by atomic mass is 32.2. The Balaban J connectivity index is 1.24. The molecule has 1 fully saturated rings. The van der Waals surface area contributed by atoms with Gasteiger partial charge in [0.05, 0.1) is 30.9 Å². The number of hydrogen-bond donors (Lipinski definition) is 3. The summed E-state index contributed by atoms with van der Waals surface area (Å²) in [6, 6.07) is 21.0. The summed E-state index contributed by atoms with van der Waals surface area (Å²) in [4.78, 5) is 23.7. The number of carboxylic acids is 1. The molecule has 3 aromatic rings. The molecule has 1 aliphatic carbocycles. The average molecular weight is 539 g/mol. The molecular formula is C28H30N2O7S. The summed E-state index contributed by atoms with van der Waals surface area (Å²) < 4.78 is 31.2. The minimum atomic E-state index is -1.45. The SMILES string of the molecule is COS(=O)NC1CCC(Oc2ccc(Oc3ccc(CC(=O)Nc4ccccc4C(=O)O)cc3)cc2)CC1. The average Bonchev–Trinajstić information content (AvgIpc) is 2.92. The third-order valence-electron chi connectivity index (χ3n) is 6.17. The summed E-state index contributed by atoms with van der Waals surface area (Å²) in [6.45, 7) is 0. The summed E-state index contributed by atoms with van der Waals surface area (Å²) in [5.74, 6) is 0.638. The minimum absolute atomic E-state index is 0.0439. The first-order valence-corrected chi connectivity index (χ1v) is 13.3. The zero-order chi connectivity index (χ0) is 26.9. The van der Waals surface area contributed by atoms with Gasteiger partial charge in [0.2, 0.25) is 17.2 Å². The molecule has 0 aliphatic heterocycles. The van der Waals surface area contributed by atoms with E-state index < -0.39 is 17.2 Å². The van der Waals surface area contributed by atoms with E-state index in [4.69, 9.17) is 13.7 Å². The van der Waals surface area contributed by atoms with E-state index in [2.05, 4.69) is 10.0 Å². The van der Waals surface area contributed by atoms with Crippen LogP contribution in [0.15, 0.2) is 72.8 Å². The molecule has 0 saturated heterocycles. The maximum Gasteiger partial charge on any atom is 0.337 e. The molecule has 1 atom stereocenters. The van der Waals surface area contributed by atoms with E-state index in [1.165, 1.54) is 13.2 Å². The fourth-order valence-electron chi connectivity index (χ4n) is 4.23. The largest absolute Gasteiger partial charge is 0.490 e. The van der Waals surface area contributed by atoms with Crippen LogP contribution in [0.4, 0.5) is 5.69 Å². The number of amides is 1. The molecule has 1 unspecified atom stereocenters. The van der Waals surface area contributed by atoms with Gasteiger partial charge in [0.1, 0.15) is 17.2 Å². The van der Waals surface area contributed by atoms with Gasteiger partial charge in [-0.05, 0) is 79.8 Å². The summed E-state index contributed by atoms with van der Waals surface area (Å²) >= 11 is -1.45. The van der Waals surface area contributed by atoms with Gasteiger partial charge in [-0.2, -0.15) is 0 Å².